The molecule has 196 valence electrons. The van der Waals surface area contributed by atoms with E-state index in [-0.39, 0.29) is 11.8 Å². The average molecular weight is 527 g/mol. The molecule has 1 N–H and O–H groups in total. The van der Waals surface area contributed by atoms with Gasteiger partial charge in [0.25, 0.3) is 0 Å². The zero-order valence-corrected chi connectivity index (χ0v) is 22.7. The van der Waals surface area contributed by atoms with Crippen molar-refractivity contribution in [2.45, 2.75) is 51.6 Å². The standard InChI is InChI=1S/C33H35ClN2O2/c1-2-3-22-35-33(38)31(23-25-10-5-4-6-11-25)36(24-26-16-19-29(34)20-17-26)32(37)21-18-28-14-9-13-27-12-7-8-15-30(27)28/h4-17,19-20,31H,2-3,18,21-24H2,1H3,(H,35,38)/t31-/m1/s1. The Bertz CT molecular complexity index is 1330. The maximum atomic E-state index is 13.9. The lowest BCUT2D eigenvalue weighted by Gasteiger charge is -2.32. The normalized spacial score (nSPS) is 11.7. The summed E-state index contributed by atoms with van der Waals surface area (Å²) in [5.74, 6) is -0.158. The van der Waals surface area contributed by atoms with Crippen molar-refractivity contribution in [2.24, 2.45) is 0 Å². The van der Waals surface area contributed by atoms with Crippen LogP contribution in [0.2, 0.25) is 5.02 Å². The first-order valence-electron chi connectivity index (χ1n) is 13.4. The highest BCUT2D eigenvalue weighted by molar-refractivity contribution is 6.30. The van der Waals surface area contributed by atoms with E-state index in [0.717, 1.165) is 40.3 Å². The molecule has 0 aliphatic rings. The van der Waals surface area contributed by atoms with Crippen LogP contribution >= 0.6 is 11.6 Å². The first kappa shape index (κ1) is 27.4. The van der Waals surface area contributed by atoms with E-state index in [1.54, 1.807) is 4.90 Å². The van der Waals surface area contributed by atoms with Crippen molar-refractivity contribution in [3.05, 3.63) is 119 Å². The van der Waals surface area contributed by atoms with Crippen LogP contribution in [0, 0.1) is 0 Å². The summed E-state index contributed by atoms with van der Waals surface area (Å²) < 4.78 is 0. The molecular formula is C33H35ClN2O2. The topological polar surface area (TPSA) is 49.4 Å². The minimum atomic E-state index is -0.620. The number of amides is 2. The van der Waals surface area contributed by atoms with Gasteiger partial charge in [-0.1, -0.05) is 110 Å². The molecule has 5 heteroatoms. The van der Waals surface area contributed by atoms with Crippen molar-refractivity contribution in [3.63, 3.8) is 0 Å². The molecule has 2 amide bonds. The predicted molar refractivity (Wildman–Crippen MR) is 156 cm³/mol. The van der Waals surface area contributed by atoms with Gasteiger partial charge in [0.05, 0.1) is 0 Å². The van der Waals surface area contributed by atoms with Crippen LogP contribution in [0.4, 0.5) is 0 Å². The number of unbranched alkanes of at least 4 members (excludes halogenated alkanes) is 1. The van der Waals surface area contributed by atoms with Crippen molar-refractivity contribution in [2.75, 3.05) is 6.54 Å². The Morgan fingerprint density at radius 2 is 1.55 bits per heavy atom. The van der Waals surface area contributed by atoms with E-state index in [0.29, 0.717) is 37.4 Å². The summed E-state index contributed by atoms with van der Waals surface area (Å²) in [5.41, 5.74) is 3.09. The molecule has 38 heavy (non-hydrogen) atoms. The van der Waals surface area contributed by atoms with Gasteiger partial charge in [-0.2, -0.15) is 0 Å². The van der Waals surface area contributed by atoms with Crippen LogP contribution in [-0.4, -0.2) is 29.3 Å². The van der Waals surface area contributed by atoms with Gasteiger partial charge in [0.1, 0.15) is 6.04 Å². The van der Waals surface area contributed by atoms with E-state index in [1.165, 1.54) is 0 Å². The van der Waals surface area contributed by atoms with Crippen molar-refractivity contribution >= 4 is 34.2 Å². The van der Waals surface area contributed by atoms with Crippen molar-refractivity contribution < 1.29 is 9.59 Å². The van der Waals surface area contributed by atoms with Crippen LogP contribution in [0.3, 0.4) is 0 Å². The van der Waals surface area contributed by atoms with Crippen LogP contribution in [0.15, 0.2) is 97.1 Å². The molecule has 0 bridgehead atoms. The van der Waals surface area contributed by atoms with Crippen LogP contribution in [0.1, 0.15) is 42.9 Å². The van der Waals surface area contributed by atoms with Gasteiger partial charge in [0.15, 0.2) is 0 Å². The zero-order chi connectivity index (χ0) is 26.7. The van der Waals surface area contributed by atoms with Gasteiger partial charge in [-0.05, 0) is 52.4 Å². The smallest absolute Gasteiger partial charge is 0.243 e. The largest absolute Gasteiger partial charge is 0.354 e. The van der Waals surface area contributed by atoms with Gasteiger partial charge in [0, 0.05) is 31.0 Å². The molecule has 0 unspecified atom stereocenters. The molecule has 4 aromatic rings. The van der Waals surface area contributed by atoms with E-state index in [9.17, 15) is 9.59 Å². The van der Waals surface area contributed by atoms with Crippen LogP contribution in [0.25, 0.3) is 10.8 Å². The molecule has 0 fully saturated rings. The number of rotatable bonds is 12. The van der Waals surface area contributed by atoms with Gasteiger partial charge >= 0.3 is 0 Å². The summed E-state index contributed by atoms with van der Waals surface area (Å²) in [4.78, 5) is 29.2. The minimum Gasteiger partial charge on any atom is -0.354 e. The van der Waals surface area contributed by atoms with Crippen molar-refractivity contribution in [1.29, 1.82) is 0 Å². The molecule has 0 saturated carbocycles. The highest BCUT2D eigenvalue weighted by Gasteiger charge is 2.30. The second-order valence-corrected chi connectivity index (χ2v) is 10.1. The van der Waals surface area contributed by atoms with Gasteiger partial charge in [-0.25, -0.2) is 0 Å². The lowest BCUT2D eigenvalue weighted by Crippen LogP contribution is -2.50. The number of hydrogen-bond acceptors (Lipinski definition) is 2. The Balaban J connectivity index is 1.62. The summed E-state index contributed by atoms with van der Waals surface area (Å²) in [6.45, 7) is 3.03. The van der Waals surface area contributed by atoms with Crippen LogP contribution < -0.4 is 5.32 Å². The summed E-state index contributed by atoms with van der Waals surface area (Å²) in [6.07, 6.45) is 3.26. The zero-order valence-electron chi connectivity index (χ0n) is 21.9. The summed E-state index contributed by atoms with van der Waals surface area (Å²) in [5, 5.41) is 6.04. The summed E-state index contributed by atoms with van der Waals surface area (Å²) >= 11 is 6.12. The van der Waals surface area contributed by atoms with Crippen molar-refractivity contribution in [3.8, 4) is 0 Å². The molecule has 0 spiro atoms. The third kappa shape index (κ3) is 7.45. The third-order valence-corrected chi connectivity index (χ3v) is 7.11. The van der Waals surface area contributed by atoms with Crippen LogP contribution in [-0.2, 0) is 29.0 Å². The number of carbonyl (C=O) groups excluding carboxylic acids is 2. The molecule has 4 rings (SSSR count). The Morgan fingerprint density at radius 1 is 0.842 bits per heavy atom. The number of hydrogen-bond donors (Lipinski definition) is 1. The molecule has 0 radical (unpaired) electrons. The Morgan fingerprint density at radius 3 is 2.32 bits per heavy atom. The van der Waals surface area contributed by atoms with E-state index in [1.807, 2.05) is 72.8 Å². The molecule has 1 atom stereocenters. The first-order valence-corrected chi connectivity index (χ1v) is 13.7. The van der Waals surface area contributed by atoms with E-state index in [2.05, 4.69) is 36.5 Å². The third-order valence-electron chi connectivity index (χ3n) is 6.85. The minimum absolute atomic E-state index is 0.0422. The fourth-order valence-corrected chi connectivity index (χ4v) is 4.87. The summed E-state index contributed by atoms with van der Waals surface area (Å²) in [7, 11) is 0. The fraction of sp³-hybridized carbons (Fsp3) is 0.273. The molecule has 4 aromatic carbocycles. The van der Waals surface area contributed by atoms with E-state index in [4.69, 9.17) is 11.6 Å². The predicted octanol–water partition coefficient (Wildman–Crippen LogP) is 6.98. The number of carbonyl (C=O) groups is 2. The highest BCUT2D eigenvalue weighted by atomic mass is 35.5. The molecule has 0 aliphatic heterocycles. The lowest BCUT2D eigenvalue weighted by molar-refractivity contribution is -0.141. The number of aryl methyl sites for hydroxylation is 1. The molecule has 0 heterocycles. The fourth-order valence-electron chi connectivity index (χ4n) is 4.74. The Hall–Kier alpha value is -3.63. The SMILES string of the molecule is CCCCNC(=O)[C@@H](Cc1ccccc1)N(Cc1ccc(Cl)cc1)C(=O)CCc1cccc2ccccc12. The number of halogens is 1. The number of benzene rings is 4. The van der Waals surface area contributed by atoms with Crippen LogP contribution in [0.5, 0.6) is 0 Å². The molecule has 0 aromatic heterocycles. The van der Waals surface area contributed by atoms with Gasteiger partial charge in [0.2, 0.25) is 11.8 Å². The van der Waals surface area contributed by atoms with E-state index < -0.39 is 6.04 Å². The maximum Gasteiger partial charge on any atom is 0.243 e. The van der Waals surface area contributed by atoms with Gasteiger partial charge < -0.3 is 10.2 Å². The molecule has 4 nitrogen and oxygen atoms in total. The average Bonchev–Trinajstić information content (AvgIpc) is 2.95. The highest BCUT2D eigenvalue weighted by Crippen LogP contribution is 2.22. The maximum absolute atomic E-state index is 13.9. The molecular weight excluding hydrogens is 492 g/mol. The second kappa shape index (κ2) is 13.8. The molecule has 0 aliphatic carbocycles. The Labute approximate surface area is 230 Å². The first-order chi connectivity index (χ1) is 18.5. The van der Waals surface area contributed by atoms with Gasteiger partial charge in [-0.3, -0.25) is 9.59 Å². The number of nitrogens with one attached hydrogen (secondary N) is 1. The summed E-state index contributed by atoms with van der Waals surface area (Å²) in [6, 6.07) is 31.2. The van der Waals surface area contributed by atoms with Crippen molar-refractivity contribution in [1.82, 2.24) is 10.2 Å². The quantitative estimate of drug-likeness (QED) is 0.202. The molecule has 0 saturated heterocycles. The number of fused-ring (bicyclic) bond motifs is 1. The monoisotopic (exact) mass is 526 g/mol. The lowest BCUT2D eigenvalue weighted by atomic mass is 9.99. The van der Waals surface area contributed by atoms with Gasteiger partial charge in [-0.15, -0.1) is 0 Å². The number of nitrogens with zero attached hydrogens (tertiary/aromatic N) is 1. The second-order valence-electron chi connectivity index (χ2n) is 9.64. The van der Waals surface area contributed by atoms with E-state index >= 15 is 0 Å². The Kier molecular flexibility index (Phi) is 9.94.